The lowest BCUT2D eigenvalue weighted by Gasteiger charge is -2.13. The van der Waals surface area contributed by atoms with Crippen LogP contribution in [0.2, 0.25) is 0 Å². The summed E-state index contributed by atoms with van der Waals surface area (Å²) >= 11 is 0. The molecular weight excluding hydrogens is 289 g/mol. The number of carboxylic acids is 1. The van der Waals surface area contributed by atoms with Crippen molar-refractivity contribution in [2.75, 3.05) is 0 Å². The Morgan fingerprint density at radius 1 is 1.00 bits per heavy atom. The molecule has 9 heteroatoms. The van der Waals surface area contributed by atoms with E-state index < -0.39 is 59.0 Å². The van der Waals surface area contributed by atoms with Gasteiger partial charge in [-0.05, 0) is 6.92 Å². The fourth-order valence-electron chi connectivity index (χ4n) is 1.41. The van der Waals surface area contributed by atoms with Crippen molar-refractivity contribution < 1.29 is 36.6 Å². The molecular formula is C11H8F5NO3. The minimum Gasteiger partial charge on any atom is -0.481 e. The van der Waals surface area contributed by atoms with Gasteiger partial charge in [-0.2, -0.15) is 0 Å². The van der Waals surface area contributed by atoms with Crippen LogP contribution in [-0.4, -0.2) is 23.0 Å². The first-order valence-electron chi connectivity index (χ1n) is 5.20. The third kappa shape index (κ3) is 3.03. The van der Waals surface area contributed by atoms with Gasteiger partial charge in [0.15, 0.2) is 23.3 Å². The number of amides is 1. The molecule has 1 atom stereocenters. The van der Waals surface area contributed by atoms with E-state index in [0.29, 0.717) is 0 Å². The molecule has 4 nitrogen and oxygen atoms in total. The van der Waals surface area contributed by atoms with Crippen LogP contribution in [0, 0.1) is 29.1 Å². The van der Waals surface area contributed by atoms with Gasteiger partial charge in [0.2, 0.25) is 5.82 Å². The summed E-state index contributed by atoms with van der Waals surface area (Å²) in [5.41, 5.74) is -1.65. The normalized spacial score (nSPS) is 12.1. The van der Waals surface area contributed by atoms with Crippen LogP contribution in [0.15, 0.2) is 0 Å². The lowest BCUT2D eigenvalue weighted by Crippen LogP contribution is -2.35. The fourth-order valence-corrected chi connectivity index (χ4v) is 1.41. The maximum atomic E-state index is 13.3. The van der Waals surface area contributed by atoms with E-state index in [9.17, 15) is 31.5 Å². The lowest BCUT2D eigenvalue weighted by atomic mass is 10.1. The molecule has 0 fully saturated rings. The molecule has 0 aliphatic rings. The van der Waals surface area contributed by atoms with E-state index in [1.807, 2.05) is 5.32 Å². The maximum absolute atomic E-state index is 13.3. The zero-order valence-electron chi connectivity index (χ0n) is 9.94. The minimum absolute atomic E-state index is 0.582. The Kier molecular flexibility index (Phi) is 4.64. The van der Waals surface area contributed by atoms with E-state index in [4.69, 9.17) is 5.11 Å². The minimum atomic E-state index is -2.38. The summed E-state index contributed by atoms with van der Waals surface area (Å²) in [6.07, 6.45) is -0.582. The standard InChI is InChI=1S/C11H8F5NO3/c1-3(2-4(18)19)17-11(20)5-6(12)8(14)10(16)9(15)7(5)13/h3H,2H2,1H3,(H,17,20)(H,18,19). The zero-order valence-corrected chi connectivity index (χ0v) is 9.94. The average molecular weight is 297 g/mol. The number of carbonyl (C=O) groups excluding carboxylic acids is 1. The van der Waals surface area contributed by atoms with Gasteiger partial charge in [-0.25, -0.2) is 22.0 Å². The number of benzene rings is 1. The summed E-state index contributed by atoms with van der Waals surface area (Å²) in [6, 6.07) is -1.06. The van der Waals surface area contributed by atoms with Gasteiger partial charge in [0.05, 0.1) is 6.42 Å². The van der Waals surface area contributed by atoms with Crippen LogP contribution in [-0.2, 0) is 4.79 Å². The molecule has 1 rings (SSSR count). The summed E-state index contributed by atoms with van der Waals surface area (Å²) < 4.78 is 65.0. The van der Waals surface area contributed by atoms with Crippen LogP contribution in [0.5, 0.6) is 0 Å². The summed E-state index contributed by atoms with van der Waals surface area (Å²) in [5, 5.41) is 10.3. The Morgan fingerprint density at radius 2 is 1.40 bits per heavy atom. The molecule has 0 heterocycles. The average Bonchev–Trinajstić information content (AvgIpc) is 2.33. The van der Waals surface area contributed by atoms with Gasteiger partial charge >= 0.3 is 5.97 Å². The van der Waals surface area contributed by atoms with Crippen LogP contribution in [0.1, 0.15) is 23.7 Å². The Labute approximate surface area is 109 Å². The highest BCUT2D eigenvalue weighted by molar-refractivity contribution is 5.95. The highest BCUT2D eigenvalue weighted by Gasteiger charge is 2.30. The quantitative estimate of drug-likeness (QED) is 0.507. The molecule has 0 radical (unpaired) electrons. The van der Waals surface area contributed by atoms with Crippen molar-refractivity contribution in [2.24, 2.45) is 0 Å². The zero-order chi connectivity index (χ0) is 15.6. The van der Waals surface area contributed by atoms with E-state index >= 15 is 0 Å². The number of halogens is 5. The van der Waals surface area contributed by atoms with Crippen molar-refractivity contribution >= 4 is 11.9 Å². The second-order valence-corrected chi connectivity index (χ2v) is 3.92. The summed E-state index contributed by atoms with van der Waals surface area (Å²) in [5.74, 6) is -14.3. The number of carboxylic acid groups (broad SMARTS) is 1. The fraction of sp³-hybridized carbons (Fsp3) is 0.273. The molecule has 1 unspecified atom stereocenters. The Morgan fingerprint density at radius 3 is 1.80 bits per heavy atom. The topological polar surface area (TPSA) is 66.4 Å². The smallest absolute Gasteiger partial charge is 0.305 e. The Hall–Kier alpha value is -2.19. The maximum Gasteiger partial charge on any atom is 0.305 e. The number of hydrogen-bond acceptors (Lipinski definition) is 2. The van der Waals surface area contributed by atoms with E-state index in [1.165, 1.54) is 6.92 Å². The Bertz CT molecular complexity index is 547. The highest BCUT2D eigenvalue weighted by atomic mass is 19.2. The molecule has 0 spiro atoms. The van der Waals surface area contributed by atoms with Crippen LogP contribution >= 0.6 is 0 Å². The first kappa shape index (κ1) is 15.9. The predicted molar refractivity (Wildman–Crippen MR) is 55.4 cm³/mol. The first-order chi connectivity index (χ1) is 9.16. The molecule has 0 bridgehead atoms. The molecule has 0 saturated carbocycles. The highest BCUT2D eigenvalue weighted by Crippen LogP contribution is 2.23. The summed E-state index contributed by atoms with van der Waals surface area (Å²) in [7, 11) is 0. The summed E-state index contributed by atoms with van der Waals surface area (Å²) in [6.45, 7) is 1.19. The molecule has 20 heavy (non-hydrogen) atoms. The second kappa shape index (κ2) is 5.85. The number of nitrogens with one attached hydrogen (secondary N) is 1. The lowest BCUT2D eigenvalue weighted by molar-refractivity contribution is -0.137. The molecule has 110 valence electrons. The number of hydrogen-bond donors (Lipinski definition) is 2. The number of carbonyl (C=O) groups is 2. The van der Waals surface area contributed by atoms with Crippen molar-refractivity contribution in [2.45, 2.75) is 19.4 Å². The van der Waals surface area contributed by atoms with Crippen molar-refractivity contribution in [1.82, 2.24) is 5.32 Å². The van der Waals surface area contributed by atoms with Crippen LogP contribution in [0.25, 0.3) is 0 Å². The van der Waals surface area contributed by atoms with Crippen LogP contribution < -0.4 is 5.32 Å². The van der Waals surface area contributed by atoms with Crippen LogP contribution in [0.3, 0.4) is 0 Å². The van der Waals surface area contributed by atoms with Gasteiger partial charge in [-0.3, -0.25) is 9.59 Å². The third-order valence-electron chi connectivity index (χ3n) is 2.30. The van der Waals surface area contributed by atoms with Crippen molar-refractivity contribution in [3.63, 3.8) is 0 Å². The van der Waals surface area contributed by atoms with E-state index in [1.54, 1.807) is 0 Å². The molecule has 0 aliphatic heterocycles. The number of aliphatic carboxylic acids is 1. The SMILES string of the molecule is CC(CC(=O)O)NC(=O)c1c(F)c(F)c(F)c(F)c1F. The predicted octanol–water partition coefficient (Wildman–Crippen LogP) is 1.98. The van der Waals surface area contributed by atoms with Crippen molar-refractivity contribution in [3.8, 4) is 0 Å². The Balaban J connectivity index is 3.14. The second-order valence-electron chi connectivity index (χ2n) is 3.92. The van der Waals surface area contributed by atoms with Gasteiger partial charge in [0, 0.05) is 6.04 Å². The molecule has 2 N–H and O–H groups in total. The van der Waals surface area contributed by atoms with Crippen LogP contribution in [0.4, 0.5) is 22.0 Å². The van der Waals surface area contributed by atoms with Gasteiger partial charge in [-0.1, -0.05) is 0 Å². The third-order valence-corrected chi connectivity index (χ3v) is 2.30. The van der Waals surface area contributed by atoms with E-state index in [-0.39, 0.29) is 0 Å². The molecule has 0 aliphatic carbocycles. The monoisotopic (exact) mass is 297 g/mol. The van der Waals surface area contributed by atoms with Gasteiger partial charge in [0.1, 0.15) is 5.56 Å². The summed E-state index contributed by atoms with van der Waals surface area (Å²) in [4.78, 5) is 21.8. The molecule has 1 aromatic rings. The largest absolute Gasteiger partial charge is 0.481 e. The van der Waals surface area contributed by atoms with E-state index in [0.717, 1.165) is 0 Å². The molecule has 0 aromatic heterocycles. The van der Waals surface area contributed by atoms with Crippen molar-refractivity contribution in [1.29, 1.82) is 0 Å². The molecule has 1 aromatic carbocycles. The van der Waals surface area contributed by atoms with Gasteiger partial charge in [-0.15, -0.1) is 0 Å². The first-order valence-corrected chi connectivity index (χ1v) is 5.20. The number of rotatable bonds is 4. The van der Waals surface area contributed by atoms with Gasteiger partial charge < -0.3 is 10.4 Å². The van der Waals surface area contributed by atoms with Crippen molar-refractivity contribution in [3.05, 3.63) is 34.6 Å². The van der Waals surface area contributed by atoms with E-state index in [2.05, 4.69) is 0 Å². The van der Waals surface area contributed by atoms with Gasteiger partial charge in [0.25, 0.3) is 5.91 Å². The molecule has 0 saturated heterocycles. The molecule has 1 amide bonds.